The molecule has 0 atom stereocenters. The average molecular weight is 438 g/mol. The Balaban J connectivity index is 1.73. The molecule has 1 fully saturated rings. The lowest BCUT2D eigenvalue weighted by atomic mass is 9.98. The minimum Gasteiger partial charge on any atom is -0.369 e. The Labute approximate surface area is 181 Å². The first kappa shape index (κ1) is 21.0. The van der Waals surface area contributed by atoms with Crippen molar-refractivity contribution >= 4 is 21.4 Å². The number of anilines is 1. The summed E-state index contributed by atoms with van der Waals surface area (Å²) in [5.74, 6) is 0. The van der Waals surface area contributed by atoms with E-state index >= 15 is 0 Å². The number of benzene rings is 3. The molecule has 3 aromatic rings. The topological polar surface area (TPSA) is 92.5 Å². The van der Waals surface area contributed by atoms with Crippen LogP contribution in [-0.2, 0) is 10.0 Å². The first-order chi connectivity index (χ1) is 15.0. The van der Waals surface area contributed by atoms with E-state index in [0.717, 1.165) is 30.0 Å². The predicted molar refractivity (Wildman–Crippen MR) is 119 cm³/mol. The van der Waals surface area contributed by atoms with Crippen molar-refractivity contribution < 1.29 is 13.3 Å². The third-order valence-corrected chi connectivity index (χ3v) is 7.33. The minimum absolute atomic E-state index is 0.0531. The number of nitrogens with zero attached hydrogens (tertiary/aromatic N) is 2. The standard InChI is InChI=1S/C23H23N3O4S/c27-26(28)22-17-20(31(29,30)25-15-7-8-16-25)13-14-21(22)24-23(18-9-3-1-4-10-18)19-11-5-2-6-12-19/h1-6,9-14,17,23-24H,7-8,15-16H2. The first-order valence-corrected chi connectivity index (χ1v) is 11.6. The van der Waals surface area contributed by atoms with Crippen molar-refractivity contribution in [2.75, 3.05) is 18.4 Å². The smallest absolute Gasteiger partial charge is 0.293 e. The summed E-state index contributed by atoms with van der Waals surface area (Å²) in [4.78, 5) is 11.2. The summed E-state index contributed by atoms with van der Waals surface area (Å²) in [7, 11) is -3.74. The fourth-order valence-corrected chi connectivity index (χ4v) is 5.37. The van der Waals surface area contributed by atoms with E-state index < -0.39 is 14.9 Å². The quantitative estimate of drug-likeness (QED) is 0.431. The van der Waals surface area contributed by atoms with E-state index in [2.05, 4.69) is 5.32 Å². The number of hydrogen-bond donors (Lipinski definition) is 1. The van der Waals surface area contributed by atoms with E-state index in [4.69, 9.17) is 0 Å². The van der Waals surface area contributed by atoms with Crippen LogP contribution in [0, 0.1) is 10.1 Å². The number of sulfonamides is 1. The van der Waals surface area contributed by atoms with Gasteiger partial charge in [0, 0.05) is 19.2 Å². The number of nitro benzene ring substituents is 1. The first-order valence-electron chi connectivity index (χ1n) is 10.1. The van der Waals surface area contributed by atoms with Gasteiger partial charge in [-0.1, -0.05) is 60.7 Å². The van der Waals surface area contributed by atoms with E-state index in [1.165, 1.54) is 16.4 Å². The Kier molecular flexibility index (Phi) is 6.01. The number of hydrogen-bond acceptors (Lipinski definition) is 5. The number of rotatable bonds is 7. The maximum Gasteiger partial charge on any atom is 0.293 e. The van der Waals surface area contributed by atoms with Crippen LogP contribution in [0.3, 0.4) is 0 Å². The monoisotopic (exact) mass is 437 g/mol. The Bertz CT molecular complexity index is 1120. The molecule has 0 radical (unpaired) electrons. The lowest BCUT2D eigenvalue weighted by molar-refractivity contribution is -0.384. The summed E-state index contributed by atoms with van der Waals surface area (Å²) >= 11 is 0. The van der Waals surface area contributed by atoms with Crippen LogP contribution in [0.1, 0.15) is 30.0 Å². The molecular formula is C23H23N3O4S. The van der Waals surface area contributed by atoms with Gasteiger partial charge in [-0.15, -0.1) is 0 Å². The summed E-state index contributed by atoms with van der Waals surface area (Å²) in [6, 6.07) is 23.0. The predicted octanol–water partition coefficient (Wildman–Crippen LogP) is 4.58. The fourth-order valence-electron chi connectivity index (χ4n) is 3.83. The normalized spacial score (nSPS) is 14.6. The molecule has 3 aromatic carbocycles. The molecule has 0 saturated carbocycles. The molecule has 7 nitrogen and oxygen atoms in total. The van der Waals surface area contributed by atoms with Crippen molar-refractivity contribution in [3.05, 3.63) is 100 Å². The highest BCUT2D eigenvalue weighted by atomic mass is 32.2. The van der Waals surface area contributed by atoms with Crippen LogP contribution in [0.25, 0.3) is 0 Å². The van der Waals surface area contributed by atoms with E-state index in [1.807, 2.05) is 60.7 Å². The Morgan fingerprint density at radius 2 is 1.42 bits per heavy atom. The zero-order valence-electron chi connectivity index (χ0n) is 16.8. The molecule has 4 rings (SSSR count). The van der Waals surface area contributed by atoms with Gasteiger partial charge in [0.1, 0.15) is 5.69 Å². The highest BCUT2D eigenvalue weighted by Gasteiger charge is 2.30. The molecule has 0 bridgehead atoms. The van der Waals surface area contributed by atoms with Crippen LogP contribution in [0.5, 0.6) is 0 Å². The number of nitro groups is 1. The molecule has 31 heavy (non-hydrogen) atoms. The van der Waals surface area contributed by atoms with E-state index in [-0.39, 0.29) is 22.3 Å². The largest absolute Gasteiger partial charge is 0.369 e. The molecular weight excluding hydrogens is 414 g/mol. The average Bonchev–Trinajstić information content (AvgIpc) is 3.34. The maximum atomic E-state index is 12.9. The third kappa shape index (κ3) is 4.45. The van der Waals surface area contributed by atoms with Crippen LogP contribution in [-0.4, -0.2) is 30.7 Å². The minimum atomic E-state index is -3.74. The lowest BCUT2D eigenvalue weighted by Gasteiger charge is -2.21. The van der Waals surface area contributed by atoms with E-state index in [0.29, 0.717) is 13.1 Å². The molecule has 0 aromatic heterocycles. The molecule has 0 aliphatic carbocycles. The second kappa shape index (κ2) is 8.87. The van der Waals surface area contributed by atoms with E-state index in [1.54, 1.807) is 0 Å². The SMILES string of the molecule is O=[N+]([O-])c1cc(S(=O)(=O)N2CCCC2)ccc1NC(c1ccccc1)c1ccccc1. The molecule has 0 spiro atoms. The van der Waals surface area contributed by atoms with Crippen molar-refractivity contribution in [1.29, 1.82) is 0 Å². The van der Waals surface area contributed by atoms with Gasteiger partial charge in [-0.25, -0.2) is 8.42 Å². The molecule has 8 heteroatoms. The molecule has 1 aliphatic heterocycles. The van der Waals surface area contributed by atoms with Gasteiger partial charge < -0.3 is 5.32 Å². The zero-order chi connectivity index (χ0) is 21.8. The van der Waals surface area contributed by atoms with Gasteiger partial charge in [-0.05, 0) is 36.1 Å². The van der Waals surface area contributed by atoms with Crippen molar-refractivity contribution in [3.63, 3.8) is 0 Å². The number of nitrogens with one attached hydrogen (secondary N) is 1. The summed E-state index contributed by atoms with van der Waals surface area (Å²) in [5.41, 5.74) is 1.88. The second-order valence-electron chi connectivity index (χ2n) is 7.45. The Morgan fingerprint density at radius 3 is 1.94 bits per heavy atom. The van der Waals surface area contributed by atoms with Crippen LogP contribution in [0.15, 0.2) is 83.8 Å². The summed E-state index contributed by atoms with van der Waals surface area (Å²) in [6.07, 6.45) is 1.60. The molecule has 0 unspecified atom stereocenters. The van der Waals surface area contributed by atoms with Gasteiger partial charge in [0.25, 0.3) is 5.69 Å². The van der Waals surface area contributed by atoms with Gasteiger partial charge in [-0.2, -0.15) is 4.31 Å². The molecule has 160 valence electrons. The third-order valence-electron chi connectivity index (χ3n) is 5.43. The van der Waals surface area contributed by atoms with Gasteiger partial charge in [-0.3, -0.25) is 10.1 Å². The summed E-state index contributed by atoms with van der Waals surface area (Å²) in [6.45, 7) is 0.889. The zero-order valence-corrected chi connectivity index (χ0v) is 17.7. The van der Waals surface area contributed by atoms with Gasteiger partial charge in [0.05, 0.1) is 15.9 Å². The maximum absolute atomic E-state index is 12.9. The van der Waals surface area contributed by atoms with E-state index in [9.17, 15) is 18.5 Å². The molecule has 1 N–H and O–H groups in total. The van der Waals surface area contributed by atoms with Gasteiger partial charge in [0.2, 0.25) is 10.0 Å². The summed E-state index contributed by atoms with van der Waals surface area (Å²) in [5, 5.41) is 15.1. The fraction of sp³-hybridized carbons (Fsp3) is 0.217. The van der Waals surface area contributed by atoms with Gasteiger partial charge >= 0.3 is 0 Å². The van der Waals surface area contributed by atoms with Crippen LogP contribution in [0.2, 0.25) is 0 Å². The highest BCUT2D eigenvalue weighted by Crippen LogP contribution is 2.34. The highest BCUT2D eigenvalue weighted by molar-refractivity contribution is 7.89. The summed E-state index contributed by atoms with van der Waals surface area (Å²) < 4.78 is 27.1. The van der Waals surface area contributed by atoms with Crippen LogP contribution < -0.4 is 5.32 Å². The lowest BCUT2D eigenvalue weighted by Crippen LogP contribution is -2.28. The van der Waals surface area contributed by atoms with Crippen molar-refractivity contribution in [3.8, 4) is 0 Å². The molecule has 1 aliphatic rings. The van der Waals surface area contributed by atoms with Crippen LogP contribution >= 0.6 is 0 Å². The van der Waals surface area contributed by atoms with Crippen molar-refractivity contribution in [1.82, 2.24) is 4.31 Å². The molecule has 1 heterocycles. The molecule has 1 saturated heterocycles. The van der Waals surface area contributed by atoms with Crippen molar-refractivity contribution in [2.24, 2.45) is 0 Å². The van der Waals surface area contributed by atoms with Crippen molar-refractivity contribution in [2.45, 2.75) is 23.8 Å². The van der Waals surface area contributed by atoms with Gasteiger partial charge in [0.15, 0.2) is 0 Å². The van der Waals surface area contributed by atoms with Crippen LogP contribution in [0.4, 0.5) is 11.4 Å². The molecule has 0 amide bonds. The second-order valence-corrected chi connectivity index (χ2v) is 9.38. The Morgan fingerprint density at radius 1 is 0.871 bits per heavy atom. The Hall–Kier alpha value is -3.23.